The van der Waals surface area contributed by atoms with Gasteiger partial charge in [-0.1, -0.05) is 6.08 Å². The van der Waals surface area contributed by atoms with Crippen molar-refractivity contribution >= 4 is 11.6 Å². The number of hydrogen-bond donors (Lipinski definition) is 1. The molecule has 1 aromatic heterocycles. The van der Waals surface area contributed by atoms with Gasteiger partial charge in [0.05, 0.1) is 6.33 Å². The summed E-state index contributed by atoms with van der Waals surface area (Å²) in [6, 6.07) is 7.56. The lowest BCUT2D eigenvalue weighted by molar-refractivity contribution is -0.111. The number of carbonyl (C=O) groups excluding carboxylic acids is 1. The first-order valence-corrected chi connectivity index (χ1v) is 5.31. The Morgan fingerprint density at radius 2 is 2.12 bits per heavy atom. The summed E-state index contributed by atoms with van der Waals surface area (Å²) in [6.07, 6.45) is 8.52. The molecule has 86 valence electrons. The zero-order chi connectivity index (χ0) is 12.1. The Morgan fingerprint density at radius 3 is 2.71 bits per heavy atom. The number of benzene rings is 1. The van der Waals surface area contributed by atoms with E-state index in [0.717, 1.165) is 11.4 Å². The molecule has 0 unspecified atom stereocenters. The van der Waals surface area contributed by atoms with Crippen LogP contribution in [-0.2, 0) is 4.79 Å². The fraction of sp³-hybridized carbons (Fsp3) is 0.0769. The summed E-state index contributed by atoms with van der Waals surface area (Å²) in [5.41, 5.74) is 1.78. The SMILES string of the molecule is C/C=C/C(=O)Nc1ccc(-n2ccnc2)cc1. The third kappa shape index (κ3) is 2.81. The summed E-state index contributed by atoms with van der Waals surface area (Å²) in [6.45, 7) is 1.81. The Bertz CT molecular complexity index is 512. The van der Waals surface area contributed by atoms with E-state index >= 15 is 0 Å². The lowest BCUT2D eigenvalue weighted by Crippen LogP contribution is -2.07. The number of carbonyl (C=O) groups is 1. The minimum Gasteiger partial charge on any atom is -0.323 e. The molecule has 2 rings (SSSR count). The van der Waals surface area contributed by atoms with E-state index in [-0.39, 0.29) is 5.91 Å². The average molecular weight is 227 g/mol. The highest BCUT2D eigenvalue weighted by atomic mass is 16.1. The topological polar surface area (TPSA) is 46.9 Å². The first-order valence-electron chi connectivity index (χ1n) is 5.31. The van der Waals surface area contributed by atoms with Crippen molar-refractivity contribution in [1.29, 1.82) is 0 Å². The maximum atomic E-state index is 11.3. The summed E-state index contributed by atoms with van der Waals surface area (Å²) >= 11 is 0. The number of rotatable bonds is 3. The normalized spacial score (nSPS) is 10.6. The molecule has 1 heterocycles. The molecule has 0 aliphatic rings. The van der Waals surface area contributed by atoms with Gasteiger partial charge in [0.2, 0.25) is 5.91 Å². The smallest absolute Gasteiger partial charge is 0.248 e. The predicted octanol–water partition coefficient (Wildman–Crippen LogP) is 2.39. The molecule has 0 radical (unpaired) electrons. The van der Waals surface area contributed by atoms with Crippen molar-refractivity contribution < 1.29 is 4.79 Å². The van der Waals surface area contributed by atoms with E-state index in [1.165, 1.54) is 6.08 Å². The minimum absolute atomic E-state index is 0.122. The van der Waals surface area contributed by atoms with Gasteiger partial charge in [0.25, 0.3) is 0 Å². The summed E-state index contributed by atoms with van der Waals surface area (Å²) in [7, 11) is 0. The molecule has 0 fully saturated rings. The molecule has 0 atom stereocenters. The minimum atomic E-state index is -0.122. The van der Waals surface area contributed by atoms with E-state index in [1.54, 1.807) is 18.6 Å². The van der Waals surface area contributed by atoms with Crippen LogP contribution in [0.25, 0.3) is 5.69 Å². The molecular formula is C13H13N3O. The average Bonchev–Trinajstić information content (AvgIpc) is 2.84. The molecule has 1 amide bonds. The third-order valence-corrected chi connectivity index (χ3v) is 2.26. The lowest BCUT2D eigenvalue weighted by Gasteiger charge is -2.05. The fourth-order valence-electron chi connectivity index (χ4n) is 1.46. The van der Waals surface area contributed by atoms with Crippen LogP contribution in [0, 0.1) is 0 Å². The number of nitrogens with zero attached hydrogens (tertiary/aromatic N) is 2. The molecule has 1 N–H and O–H groups in total. The second-order valence-corrected chi connectivity index (χ2v) is 3.51. The molecule has 0 saturated heterocycles. The van der Waals surface area contributed by atoms with Gasteiger partial charge in [-0.2, -0.15) is 0 Å². The van der Waals surface area contributed by atoms with Gasteiger partial charge < -0.3 is 9.88 Å². The van der Waals surface area contributed by atoms with Crippen LogP contribution in [0.1, 0.15) is 6.92 Å². The van der Waals surface area contributed by atoms with Crippen LogP contribution in [-0.4, -0.2) is 15.5 Å². The van der Waals surface area contributed by atoms with E-state index in [1.807, 2.05) is 42.0 Å². The maximum absolute atomic E-state index is 11.3. The number of imidazole rings is 1. The lowest BCUT2D eigenvalue weighted by atomic mass is 10.2. The van der Waals surface area contributed by atoms with Crippen LogP contribution in [0.4, 0.5) is 5.69 Å². The number of nitrogens with one attached hydrogen (secondary N) is 1. The first-order chi connectivity index (χ1) is 8.29. The molecule has 17 heavy (non-hydrogen) atoms. The molecule has 0 bridgehead atoms. The van der Waals surface area contributed by atoms with Crippen molar-refractivity contribution in [1.82, 2.24) is 9.55 Å². The van der Waals surface area contributed by atoms with Crippen LogP contribution in [0.2, 0.25) is 0 Å². The monoisotopic (exact) mass is 227 g/mol. The van der Waals surface area contributed by atoms with Crippen LogP contribution >= 0.6 is 0 Å². The first kappa shape index (κ1) is 11.1. The van der Waals surface area contributed by atoms with Gasteiger partial charge in [0.1, 0.15) is 0 Å². The fourth-order valence-corrected chi connectivity index (χ4v) is 1.46. The van der Waals surface area contributed by atoms with Gasteiger partial charge in [0.15, 0.2) is 0 Å². The number of amides is 1. The van der Waals surface area contributed by atoms with Crippen LogP contribution in [0.3, 0.4) is 0 Å². The standard InChI is InChI=1S/C13H13N3O/c1-2-3-13(17)15-11-4-6-12(7-5-11)16-9-8-14-10-16/h2-10H,1H3,(H,15,17)/b3-2+. The second-order valence-electron chi connectivity index (χ2n) is 3.51. The quantitative estimate of drug-likeness (QED) is 0.818. The van der Waals surface area contributed by atoms with Gasteiger partial charge in [0, 0.05) is 23.8 Å². The Hall–Kier alpha value is -2.36. The zero-order valence-electron chi connectivity index (χ0n) is 9.50. The molecule has 0 aliphatic carbocycles. The van der Waals surface area contributed by atoms with Crippen molar-refractivity contribution in [3.8, 4) is 5.69 Å². The maximum Gasteiger partial charge on any atom is 0.248 e. The third-order valence-electron chi connectivity index (χ3n) is 2.26. The van der Waals surface area contributed by atoms with E-state index in [2.05, 4.69) is 10.3 Å². The molecule has 0 aliphatic heterocycles. The van der Waals surface area contributed by atoms with Gasteiger partial charge in [-0.05, 0) is 37.3 Å². The highest BCUT2D eigenvalue weighted by Gasteiger charge is 1.98. The molecule has 0 spiro atoms. The Labute approximate surface area is 99.6 Å². The molecule has 4 heteroatoms. The number of aromatic nitrogens is 2. The summed E-state index contributed by atoms with van der Waals surface area (Å²) < 4.78 is 1.90. The van der Waals surface area contributed by atoms with Gasteiger partial charge in [-0.3, -0.25) is 4.79 Å². The van der Waals surface area contributed by atoms with Gasteiger partial charge in [-0.15, -0.1) is 0 Å². The molecule has 2 aromatic rings. The van der Waals surface area contributed by atoms with Gasteiger partial charge >= 0.3 is 0 Å². The van der Waals surface area contributed by atoms with Crippen molar-refractivity contribution in [3.05, 3.63) is 55.1 Å². The number of allylic oxidation sites excluding steroid dienone is 1. The predicted molar refractivity (Wildman–Crippen MR) is 67.0 cm³/mol. The summed E-state index contributed by atoms with van der Waals surface area (Å²) in [4.78, 5) is 15.3. The number of anilines is 1. The van der Waals surface area contributed by atoms with E-state index in [0.29, 0.717) is 0 Å². The molecule has 0 saturated carbocycles. The summed E-state index contributed by atoms with van der Waals surface area (Å²) in [5.74, 6) is -0.122. The van der Waals surface area contributed by atoms with Crippen molar-refractivity contribution in [2.24, 2.45) is 0 Å². The Balaban J connectivity index is 2.11. The van der Waals surface area contributed by atoms with Crippen molar-refractivity contribution in [2.45, 2.75) is 6.92 Å². The number of hydrogen-bond acceptors (Lipinski definition) is 2. The second kappa shape index (κ2) is 5.12. The summed E-state index contributed by atoms with van der Waals surface area (Å²) in [5, 5.41) is 2.76. The highest BCUT2D eigenvalue weighted by Crippen LogP contribution is 2.12. The highest BCUT2D eigenvalue weighted by molar-refractivity contribution is 5.99. The van der Waals surface area contributed by atoms with E-state index < -0.39 is 0 Å². The van der Waals surface area contributed by atoms with Crippen molar-refractivity contribution in [3.63, 3.8) is 0 Å². The Morgan fingerprint density at radius 1 is 1.35 bits per heavy atom. The van der Waals surface area contributed by atoms with Crippen LogP contribution < -0.4 is 5.32 Å². The zero-order valence-corrected chi connectivity index (χ0v) is 9.50. The van der Waals surface area contributed by atoms with E-state index in [4.69, 9.17) is 0 Å². The van der Waals surface area contributed by atoms with Crippen LogP contribution in [0.5, 0.6) is 0 Å². The molecule has 1 aromatic carbocycles. The van der Waals surface area contributed by atoms with E-state index in [9.17, 15) is 4.79 Å². The molecular weight excluding hydrogens is 214 g/mol. The molecule has 4 nitrogen and oxygen atoms in total. The van der Waals surface area contributed by atoms with Crippen molar-refractivity contribution in [2.75, 3.05) is 5.32 Å². The largest absolute Gasteiger partial charge is 0.323 e. The van der Waals surface area contributed by atoms with Gasteiger partial charge in [-0.25, -0.2) is 4.98 Å². The Kier molecular flexibility index (Phi) is 3.35. The van der Waals surface area contributed by atoms with Crippen LogP contribution in [0.15, 0.2) is 55.1 Å².